The Morgan fingerprint density at radius 2 is 1.71 bits per heavy atom. The van der Waals surface area contributed by atoms with Crippen LogP contribution < -0.4 is 14.8 Å². The summed E-state index contributed by atoms with van der Waals surface area (Å²) in [4.78, 5) is 12.6. The third-order valence-electron chi connectivity index (χ3n) is 3.69. The number of benzene rings is 2. The van der Waals surface area contributed by atoms with Crippen molar-refractivity contribution in [2.45, 2.75) is 34.1 Å². The number of nitrogens with one attached hydrogen (secondary N) is 1. The average molecular weight is 327 g/mol. The SMILES string of the molecule is CCCOc1ccc(C(=O)Nc2c(C)cccc2C)cc1OCC. The number of hydrogen-bond donors (Lipinski definition) is 1. The molecule has 2 aromatic carbocycles. The third kappa shape index (κ3) is 4.28. The van der Waals surface area contributed by atoms with Gasteiger partial charge in [-0.05, 0) is 56.5 Å². The Morgan fingerprint density at radius 1 is 1.00 bits per heavy atom. The Hall–Kier alpha value is -2.49. The normalized spacial score (nSPS) is 10.3. The van der Waals surface area contributed by atoms with Gasteiger partial charge in [0.05, 0.1) is 13.2 Å². The maximum Gasteiger partial charge on any atom is 0.255 e. The zero-order valence-electron chi connectivity index (χ0n) is 14.8. The van der Waals surface area contributed by atoms with E-state index in [-0.39, 0.29) is 5.91 Å². The molecule has 2 rings (SSSR count). The number of rotatable bonds is 7. The second-order valence-electron chi connectivity index (χ2n) is 5.66. The van der Waals surface area contributed by atoms with Crippen LogP contribution in [0.4, 0.5) is 5.69 Å². The molecule has 0 radical (unpaired) electrons. The van der Waals surface area contributed by atoms with Gasteiger partial charge in [-0.2, -0.15) is 0 Å². The number of amides is 1. The molecule has 1 amide bonds. The van der Waals surface area contributed by atoms with E-state index in [1.165, 1.54) is 0 Å². The molecule has 0 aliphatic rings. The van der Waals surface area contributed by atoms with Gasteiger partial charge in [0.15, 0.2) is 11.5 Å². The monoisotopic (exact) mass is 327 g/mol. The van der Waals surface area contributed by atoms with Crippen molar-refractivity contribution in [1.29, 1.82) is 0 Å². The average Bonchev–Trinajstić information content (AvgIpc) is 2.57. The molecule has 0 fully saturated rings. The first-order valence-electron chi connectivity index (χ1n) is 8.34. The van der Waals surface area contributed by atoms with Crippen LogP contribution in [0, 0.1) is 13.8 Å². The molecule has 1 N–H and O–H groups in total. The molecule has 0 spiro atoms. The lowest BCUT2D eigenvalue weighted by molar-refractivity contribution is 0.102. The van der Waals surface area contributed by atoms with E-state index in [9.17, 15) is 4.79 Å². The van der Waals surface area contributed by atoms with Gasteiger partial charge in [0.25, 0.3) is 5.91 Å². The number of carbonyl (C=O) groups is 1. The van der Waals surface area contributed by atoms with Crippen LogP contribution in [-0.2, 0) is 0 Å². The van der Waals surface area contributed by atoms with Crippen LogP contribution in [0.5, 0.6) is 11.5 Å². The maximum absolute atomic E-state index is 12.6. The minimum atomic E-state index is -0.157. The van der Waals surface area contributed by atoms with Crippen LogP contribution in [0.2, 0.25) is 0 Å². The molecule has 0 aromatic heterocycles. The van der Waals surface area contributed by atoms with E-state index in [2.05, 4.69) is 5.32 Å². The number of para-hydroxylation sites is 1. The lowest BCUT2D eigenvalue weighted by atomic mass is 10.1. The molecular weight excluding hydrogens is 302 g/mol. The molecule has 0 saturated carbocycles. The van der Waals surface area contributed by atoms with Crippen molar-refractivity contribution in [2.75, 3.05) is 18.5 Å². The largest absolute Gasteiger partial charge is 0.490 e. The van der Waals surface area contributed by atoms with Crippen molar-refractivity contribution in [1.82, 2.24) is 0 Å². The van der Waals surface area contributed by atoms with Gasteiger partial charge < -0.3 is 14.8 Å². The molecule has 24 heavy (non-hydrogen) atoms. The van der Waals surface area contributed by atoms with Crippen molar-refractivity contribution < 1.29 is 14.3 Å². The summed E-state index contributed by atoms with van der Waals surface area (Å²) in [6.07, 6.45) is 0.917. The van der Waals surface area contributed by atoms with Gasteiger partial charge >= 0.3 is 0 Å². The Kier molecular flexibility index (Phi) is 6.24. The Bertz CT molecular complexity index is 690. The summed E-state index contributed by atoms with van der Waals surface area (Å²) in [6.45, 7) is 9.06. The number of aryl methyl sites for hydroxylation is 2. The molecule has 0 aliphatic heterocycles. The zero-order valence-corrected chi connectivity index (χ0v) is 14.8. The fourth-order valence-electron chi connectivity index (χ4n) is 2.45. The van der Waals surface area contributed by atoms with Crippen molar-refractivity contribution in [3.8, 4) is 11.5 Å². The summed E-state index contributed by atoms with van der Waals surface area (Å²) >= 11 is 0. The highest BCUT2D eigenvalue weighted by Gasteiger charge is 2.13. The molecule has 128 valence electrons. The van der Waals surface area contributed by atoms with E-state index in [4.69, 9.17) is 9.47 Å². The first-order valence-corrected chi connectivity index (χ1v) is 8.34. The highest BCUT2D eigenvalue weighted by molar-refractivity contribution is 6.05. The minimum absolute atomic E-state index is 0.157. The zero-order chi connectivity index (χ0) is 17.5. The number of ether oxygens (including phenoxy) is 2. The summed E-state index contributed by atoms with van der Waals surface area (Å²) in [5, 5.41) is 2.99. The molecule has 2 aromatic rings. The van der Waals surface area contributed by atoms with E-state index in [1.807, 2.05) is 45.9 Å². The molecule has 0 bridgehead atoms. The predicted molar refractivity (Wildman–Crippen MR) is 97.3 cm³/mol. The lowest BCUT2D eigenvalue weighted by Gasteiger charge is -2.14. The molecule has 0 heterocycles. The van der Waals surface area contributed by atoms with E-state index in [1.54, 1.807) is 18.2 Å². The Morgan fingerprint density at radius 3 is 2.33 bits per heavy atom. The molecular formula is C20H25NO3. The van der Waals surface area contributed by atoms with Gasteiger partial charge in [0.2, 0.25) is 0 Å². The lowest BCUT2D eigenvalue weighted by Crippen LogP contribution is -2.14. The third-order valence-corrected chi connectivity index (χ3v) is 3.69. The topological polar surface area (TPSA) is 47.6 Å². The van der Waals surface area contributed by atoms with Crippen LogP contribution in [0.25, 0.3) is 0 Å². The molecule has 4 nitrogen and oxygen atoms in total. The van der Waals surface area contributed by atoms with Gasteiger partial charge in [-0.25, -0.2) is 0 Å². The maximum atomic E-state index is 12.6. The molecule has 0 aliphatic carbocycles. The van der Waals surface area contributed by atoms with E-state index < -0.39 is 0 Å². The Balaban J connectivity index is 2.24. The fourth-order valence-corrected chi connectivity index (χ4v) is 2.45. The Labute approximate surface area is 143 Å². The summed E-state index contributed by atoms with van der Waals surface area (Å²) in [5.41, 5.74) is 3.48. The second kappa shape index (κ2) is 8.39. The van der Waals surface area contributed by atoms with Crippen molar-refractivity contribution in [3.63, 3.8) is 0 Å². The fraction of sp³-hybridized carbons (Fsp3) is 0.350. The van der Waals surface area contributed by atoms with E-state index in [0.717, 1.165) is 23.2 Å². The summed E-state index contributed by atoms with van der Waals surface area (Å²) in [5.74, 6) is 1.11. The van der Waals surface area contributed by atoms with Gasteiger partial charge in [-0.1, -0.05) is 25.1 Å². The summed E-state index contributed by atoms with van der Waals surface area (Å²) < 4.78 is 11.3. The number of hydrogen-bond acceptors (Lipinski definition) is 3. The van der Waals surface area contributed by atoms with Crippen molar-refractivity contribution in [3.05, 3.63) is 53.1 Å². The quantitative estimate of drug-likeness (QED) is 0.799. The van der Waals surface area contributed by atoms with Crippen molar-refractivity contribution in [2.24, 2.45) is 0 Å². The van der Waals surface area contributed by atoms with Crippen LogP contribution in [0.15, 0.2) is 36.4 Å². The first kappa shape index (κ1) is 17.9. The standard InChI is InChI=1S/C20H25NO3/c1-5-12-24-17-11-10-16(13-18(17)23-6-2)20(22)21-19-14(3)8-7-9-15(19)4/h7-11,13H,5-6,12H2,1-4H3,(H,21,22). The van der Waals surface area contributed by atoms with Gasteiger partial charge in [0, 0.05) is 11.3 Å². The van der Waals surface area contributed by atoms with Crippen LogP contribution in [-0.4, -0.2) is 19.1 Å². The second-order valence-corrected chi connectivity index (χ2v) is 5.66. The highest BCUT2D eigenvalue weighted by Crippen LogP contribution is 2.29. The van der Waals surface area contributed by atoms with E-state index >= 15 is 0 Å². The summed E-state index contributed by atoms with van der Waals surface area (Å²) in [7, 11) is 0. The van der Waals surface area contributed by atoms with E-state index in [0.29, 0.717) is 30.3 Å². The van der Waals surface area contributed by atoms with Crippen molar-refractivity contribution >= 4 is 11.6 Å². The van der Waals surface area contributed by atoms with Gasteiger partial charge in [-0.3, -0.25) is 4.79 Å². The molecule has 0 unspecified atom stereocenters. The number of anilines is 1. The first-order chi connectivity index (χ1) is 11.6. The molecule has 4 heteroatoms. The minimum Gasteiger partial charge on any atom is -0.490 e. The summed E-state index contributed by atoms with van der Waals surface area (Å²) in [6, 6.07) is 11.2. The predicted octanol–water partition coefficient (Wildman–Crippen LogP) is 4.74. The smallest absolute Gasteiger partial charge is 0.255 e. The highest BCUT2D eigenvalue weighted by atomic mass is 16.5. The van der Waals surface area contributed by atoms with Crippen LogP contribution in [0.1, 0.15) is 41.8 Å². The van der Waals surface area contributed by atoms with Crippen LogP contribution >= 0.6 is 0 Å². The molecule has 0 atom stereocenters. The van der Waals surface area contributed by atoms with Crippen LogP contribution in [0.3, 0.4) is 0 Å². The van der Waals surface area contributed by atoms with Gasteiger partial charge in [-0.15, -0.1) is 0 Å². The molecule has 0 saturated heterocycles. The number of carbonyl (C=O) groups excluding carboxylic acids is 1. The van der Waals surface area contributed by atoms with Gasteiger partial charge in [0.1, 0.15) is 0 Å².